The van der Waals surface area contributed by atoms with Crippen LogP contribution in [0.2, 0.25) is 0 Å². The number of hydrogen-bond donors (Lipinski definition) is 3. The summed E-state index contributed by atoms with van der Waals surface area (Å²) in [5.41, 5.74) is 14.3. The largest absolute Gasteiger partial charge is 0.399 e. The lowest BCUT2D eigenvalue weighted by atomic mass is 10.1. The van der Waals surface area contributed by atoms with E-state index in [1.165, 1.54) is 0 Å². The molecule has 1 heterocycles. The molecule has 2 aromatic rings. The number of carbonyl (C=O) groups is 1. The molecular weight excluding hydrogens is 242 g/mol. The average molecular weight is 259 g/mol. The molecule has 0 aliphatic heterocycles. The number of anilines is 3. The highest BCUT2D eigenvalue weighted by Gasteiger charge is 2.12. The van der Waals surface area contributed by atoms with Crippen molar-refractivity contribution in [2.75, 3.05) is 16.8 Å². The van der Waals surface area contributed by atoms with Crippen LogP contribution in [-0.4, -0.2) is 15.7 Å². The molecular formula is C13H17N5O. The van der Waals surface area contributed by atoms with Gasteiger partial charge in [-0.25, -0.2) is 0 Å². The molecule has 6 heteroatoms. The molecule has 1 aromatic heterocycles. The molecule has 0 saturated carbocycles. The van der Waals surface area contributed by atoms with Gasteiger partial charge in [-0.1, -0.05) is 6.92 Å². The first-order valence-corrected chi connectivity index (χ1v) is 5.99. The Hall–Kier alpha value is -2.50. The molecule has 0 aliphatic carbocycles. The predicted octanol–water partition coefficient (Wildman–Crippen LogP) is 1.40. The number of aryl methyl sites for hydroxylation is 2. The Bertz CT molecular complexity index is 597. The molecule has 6 nitrogen and oxygen atoms in total. The highest BCUT2D eigenvalue weighted by Crippen LogP contribution is 2.18. The van der Waals surface area contributed by atoms with Crippen molar-refractivity contribution in [2.24, 2.45) is 7.05 Å². The van der Waals surface area contributed by atoms with Crippen LogP contribution in [-0.2, 0) is 13.5 Å². The maximum absolute atomic E-state index is 12.1. The predicted molar refractivity (Wildman–Crippen MR) is 75.8 cm³/mol. The molecule has 0 radical (unpaired) electrons. The van der Waals surface area contributed by atoms with E-state index in [4.69, 9.17) is 11.5 Å². The number of amides is 1. The zero-order valence-electron chi connectivity index (χ0n) is 11.0. The van der Waals surface area contributed by atoms with Gasteiger partial charge in [0.15, 0.2) is 0 Å². The summed E-state index contributed by atoms with van der Waals surface area (Å²) < 4.78 is 1.67. The minimum Gasteiger partial charge on any atom is -0.399 e. The van der Waals surface area contributed by atoms with Gasteiger partial charge < -0.3 is 16.8 Å². The fourth-order valence-corrected chi connectivity index (χ4v) is 1.90. The van der Waals surface area contributed by atoms with Crippen molar-refractivity contribution >= 4 is 23.0 Å². The molecule has 0 bridgehead atoms. The fraction of sp³-hybridized carbons (Fsp3) is 0.231. The maximum atomic E-state index is 12.1. The highest BCUT2D eigenvalue weighted by molar-refractivity contribution is 6.05. The molecule has 0 spiro atoms. The number of aromatic nitrogens is 2. The Morgan fingerprint density at radius 3 is 2.53 bits per heavy atom. The quantitative estimate of drug-likeness (QED) is 0.725. The summed E-state index contributed by atoms with van der Waals surface area (Å²) >= 11 is 0. The van der Waals surface area contributed by atoms with Gasteiger partial charge in [0.25, 0.3) is 5.91 Å². The molecule has 0 unspecified atom stereocenters. The topological polar surface area (TPSA) is 99.0 Å². The number of nitrogens with zero attached hydrogens (tertiary/aromatic N) is 2. The number of hydrogen-bond acceptors (Lipinski definition) is 4. The van der Waals surface area contributed by atoms with Gasteiger partial charge in [-0.15, -0.1) is 0 Å². The summed E-state index contributed by atoms with van der Waals surface area (Å²) in [6.45, 7) is 1.98. The van der Waals surface area contributed by atoms with Gasteiger partial charge in [0, 0.05) is 30.2 Å². The van der Waals surface area contributed by atoms with Crippen LogP contribution in [0.25, 0.3) is 0 Å². The second-order valence-electron chi connectivity index (χ2n) is 4.36. The summed E-state index contributed by atoms with van der Waals surface area (Å²) in [6, 6.07) is 4.79. The van der Waals surface area contributed by atoms with Gasteiger partial charge in [0.05, 0.1) is 11.4 Å². The zero-order valence-corrected chi connectivity index (χ0v) is 11.0. The summed E-state index contributed by atoms with van der Waals surface area (Å²) in [6.07, 6.45) is 2.52. The van der Waals surface area contributed by atoms with Crippen molar-refractivity contribution in [2.45, 2.75) is 13.3 Å². The minimum atomic E-state index is -0.248. The molecule has 0 saturated heterocycles. The Morgan fingerprint density at radius 1 is 1.32 bits per heavy atom. The molecule has 100 valence electrons. The fourth-order valence-electron chi connectivity index (χ4n) is 1.90. The van der Waals surface area contributed by atoms with Crippen molar-refractivity contribution in [1.29, 1.82) is 0 Å². The summed E-state index contributed by atoms with van der Waals surface area (Å²) in [5.74, 6) is -0.248. The lowest BCUT2D eigenvalue weighted by Crippen LogP contribution is -2.13. The van der Waals surface area contributed by atoms with E-state index in [9.17, 15) is 4.79 Å². The van der Waals surface area contributed by atoms with Gasteiger partial charge in [-0.05, 0) is 24.6 Å². The van der Waals surface area contributed by atoms with Gasteiger partial charge in [-0.2, -0.15) is 5.10 Å². The molecule has 19 heavy (non-hydrogen) atoms. The van der Waals surface area contributed by atoms with E-state index in [1.54, 1.807) is 29.1 Å². The third kappa shape index (κ3) is 2.85. The van der Waals surface area contributed by atoms with Crippen LogP contribution in [0.3, 0.4) is 0 Å². The van der Waals surface area contributed by atoms with E-state index in [-0.39, 0.29) is 5.91 Å². The SMILES string of the molecule is CCc1nn(C)cc1NC(=O)c1cc(N)cc(N)c1. The van der Waals surface area contributed by atoms with Crippen molar-refractivity contribution in [3.8, 4) is 0 Å². The van der Waals surface area contributed by atoms with Crippen LogP contribution in [0, 0.1) is 0 Å². The highest BCUT2D eigenvalue weighted by atomic mass is 16.1. The van der Waals surface area contributed by atoms with Crippen molar-refractivity contribution in [3.63, 3.8) is 0 Å². The standard InChI is InChI=1S/C13H17N5O/c1-3-11-12(7-18(2)17-11)16-13(19)8-4-9(14)6-10(15)5-8/h4-7H,3,14-15H2,1-2H3,(H,16,19). The Labute approximate surface area is 111 Å². The Kier molecular flexibility index (Phi) is 3.41. The second kappa shape index (κ2) is 5.01. The van der Waals surface area contributed by atoms with Crippen LogP contribution >= 0.6 is 0 Å². The van der Waals surface area contributed by atoms with Gasteiger partial charge >= 0.3 is 0 Å². The molecule has 1 aromatic carbocycles. The van der Waals surface area contributed by atoms with Gasteiger partial charge in [0.1, 0.15) is 0 Å². The van der Waals surface area contributed by atoms with Crippen LogP contribution in [0.1, 0.15) is 23.0 Å². The summed E-state index contributed by atoms with van der Waals surface area (Å²) in [7, 11) is 1.81. The smallest absolute Gasteiger partial charge is 0.255 e. The monoisotopic (exact) mass is 259 g/mol. The van der Waals surface area contributed by atoms with Gasteiger partial charge in [0.2, 0.25) is 0 Å². The number of nitrogen functional groups attached to an aromatic ring is 2. The lowest BCUT2D eigenvalue weighted by Gasteiger charge is -2.06. The maximum Gasteiger partial charge on any atom is 0.255 e. The van der Waals surface area contributed by atoms with Crippen LogP contribution in [0.15, 0.2) is 24.4 Å². The number of rotatable bonds is 3. The molecule has 5 N–H and O–H groups in total. The van der Waals surface area contributed by atoms with Crippen LogP contribution in [0.4, 0.5) is 17.1 Å². The number of nitrogens with two attached hydrogens (primary N) is 2. The van der Waals surface area contributed by atoms with E-state index < -0.39 is 0 Å². The average Bonchev–Trinajstić information content (AvgIpc) is 2.68. The van der Waals surface area contributed by atoms with E-state index >= 15 is 0 Å². The van der Waals surface area contributed by atoms with Crippen LogP contribution in [0.5, 0.6) is 0 Å². The van der Waals surface area contributed by atoms with Crippen molar-refractivity contribution < 1.29 is 4.79 Å². The van der Waals surface area contributed by atoms with Crippen LogP contribution < -0.4 is 16.8 Å². The third-order valence-corrected chi connectivity index (χ3v) is 2.73. The third-order valence-electron chi connectivity index (χ3n) is 2.73. The van der Waals surface area contributed by atoms with E-state index in [2.05, 4.69) is 10.4 Å². The molecule has 1 amide bonds. The number of nitrogens with one attached hydrogen (secondary N) is 1. The summed E-state index contributed by atoms with van der Waals surface area (Å²) in [4.78, 5) is 12.1. The van der Waals surface area contributed by atoms with Crippen molar-refractivity contribution in [1.82, 2.24) is 9.78 Å². The van der Waals surface area contributed by atoms with E-state index in [0.717, 1.165) is 12.1 Å². The Balaban J connectivity index is 2.25. The molecule has 0 atom stereocenters. The molecule has 0 aliphatic rings. The summed E-state index contributed by atoms with van der Waals surface area (Å²) in [5, 5.41) is 7.08. The molecule has 0 fully saturated rings. The Morgan fingerprint density at radius 2 is 1.95 bits per heavy atom. The lowest BCUT2D eigenvalue weighted by molar-refractivity contribution is 0.102. The number of benzene rings is 1. The minimum absolute atomic E-state index is 0.248. The first-order chi connectivity index (χ1) is 8.99. The first kappa shape index (κ1) is 12.9. The zero-order chi connectivity index (χ0) is 14.0. The first-order valence-electron chi connectivity index (χ1n) is 5.99. The normalized spacial score (nSPS) is 10.4. The molecule has 2 rings (SSSR count). The van der Waals surface area contributed by atoms with Crippen molar-refractivity contribution in [3.05, 3.63) is 35.7 Å². The van der Waals surface area contributed by atoms with Gasteiger partial charge in [-0.3, -0.25) is 9.48 Å². The number of carbonyl (C=O) groups excluding carboxylic acids is 1. The van der Waals surface area contributed by atoms with E-state index in [1.807, 2.05) is 14.0 Å². The van der Waals surface area contributed by atoms with E-state index in [0.29, 0.717) is 22.6 Å². The second-order valence-corrected chi connectivity index (χ2v) is 4.36.